The fourth-order valence-electron chi connectivity index (χ4n) is 1.48. The Balaban J connectivity index is 2.04. The van der Waals surface area contributed by atoms with Crippen molar-refractivity contribution >= 4 is 17.7 Å². The third-order valence-electron chi connectivity index (χ3n) is 2.43. The fraction of sp³-hybridized carbons (Fsp3) is 0.308. The molecule has 2 aromatic rings. The largest absolute Gasteiger partial charge is 0.411 e. The number of nitrogens with one attached hydrogen (secondary N) is 1. The highest BCUT2D eigenvalue weighted by atomic mass is 32.2. The number of hydrogen-bond donors (Lipinski definition) is 1. The first-order valence-electron chi connectivity index (χ1n) is 6.04. The van der Waals surface area contributed by atoms with Gasteiger partial charge in [0.2, 0.25) is 11.8 Å². The zero-order valence-electron chi connectivity index (χ0n) is 10.8. The smallest absolute Gasteiger partial charge is 0.277 e. The van der Waals surface area contributed by atoms with Gasteiger partial charge >= 0.3 is 0 Å². The highest BCUT2D eigenvalue weighted by molar-refractivity contribution is 8.00. The lowest BCUT2D eigenvalue weighted by atomic mass is 10.2. The van der Waals surface area contributed by atoms with Crippen LogP contribution >= 0.6 is 11.8 Å². The molecule has 0 radical (unpaired) electrons. The molecule has 0 fully saturated rings. The van der Waals surface area contributed by atoms with E-state index in [-0.39, 0.29) is 11.2 Å². The Kier molecular flexibility index (Phi) is 4.57. The highest BCUT2D eigenvalue weighted by Gasteiger charge is 2.17. The van der Waals surface area contributed by atoms with Gasteiger partial charge < -0.3 is 9.73 Å². The molecule has 1 heterocycles. The maximum Gasteiger partial charge on any atom is 0.277 e. The van der Waals surface area contributed by atoms with Crippen LogP contribution in [0.25, 0.3) is 11.5 Å². The molecular formula is C13H15N3O2S. The van der Waals surface area contributed by atoms with Crippen molar-refractivity contribution in [1.82, 2.24) is 15.5 Å². The van der Waals surface area contributed by atoms with Gasteiger partial charge in [0.15, 0.2) is 0 Å². The summed E-state index contributed by atoms with van der Waals surface area (Å²) in [6, 6.07) is 9.53. The molecule has 19 heavy (non-hydrogen) atoms. The quantitative estimate of drug-likeness (QED) is 0.850. The van der Waals surface area contributed by atoms with E-state index in [0.29, 0.717) is 17.7 Å². The van der Waals surface area contributed by atoms with Gasteiger partial charge in [0, 0.05) is 12.1 Å². The van der Waals surface area contributed by atoms with Crippen molar-refractivity contribution in [1.29, 1.82) is 0 Å². The van der Waals surface area contributed by atoms with Crippen LogP contribution in [0.1, 0.15) is 13.8 Å². The number of nitrogens with zero attached hydrogens (tertiary/aromatic N) is 2. The van der Waals surface area contributed by atoms with E-state index in [4.69, 9.17) is 4.42 Å². The Hall–Kier alpha value is -1.82. The zero-order chi connectivity index (χ0) is 13.7. The molecule has 0 aliphatic rings. The molecule has 0 saturated carbocycles. The number of amides is 1. The number of rotatable bonds is 5. The van der Waals surface area contributed by atoms with Crippen molar-refractivity contribution < 1.29 is 9.21 Å². The molecule has 5 nitrogen and oxygen atoms in total. The van der Waals surface area contributed by atoms with E-state index in [1.54, 1.807) is 0 Å². The number of hydrogen-bond acceptors (Lipinski definition) is 5. The molecule has 0 saturated heterocycles. The van der Waals surface area contributed by atoms with Gasteiger partial charge in [0.1, 0.15) is 0 Å². The van der Waals surface area contributed by atoms with Crippen LogP contribution in [0.2, 0.25) is 0 Å². The van der Waals surface area contributed by atoms with E-state index in [2.05, 4.69) is 15.5 Å². The van der Waals surface area contributed by atoms with Gasteiger partial charge in [-0.2, -0.15) is 0 Å². The van der Waals surface area contributed by atoms with E-state index in [1.165, 1.54) is 11.8 Å². The molecule has 1 aromatic carbocycles. The van der Waals surface area contributed by atoms with Gasteiger partial charge in [-0.25, -0.2) is 0 Å². The summed E-state index contributed by atoms with van der Waals surface area (Å²) in [5.74, 6) is 0.429. The zero-order valence-corrected chi connectivity index (χ0v) is 11.6. The summed E-state index contributed by atoms with van der Waals surface area (Å²) in [7, 11) is 0. The van der Waals surface area contributed by atoms with Crippen LogP contribution < -0.4 is 5.32 Å². The number of benzene rings is 1. The predicted molar refractivity (Wildman–Crippen MR) is 73.7 cm³/mol. The molecule has 2 rings (SSSR count). The molecule has 0 unspecified atom stereocenters. The number of carbonyl (C=O) groups excluding carboxylic acids is 1. The molecule has 1 amide bonds. The van der Waals surface area contributed by atoms with Gasteiger partial charge in [0.05, 0.1) is 5.25 Å². The van der Waals surface area contributed by atoms with Crippen molar-refractivity contribution in [3.8, 4) is 11.5 Å². The second kappa shape index (κ2) is 6.38. The van der Waals surface area contributed by atoms with E-state index < -0.39 is 0 Å². The Labute approximate surface area is 115 Å². The van der Waals surface area contributed by atoms with Gasteiger partial charge in [-0.15, -0.1) is 10.2 Å². The lowest BCUT2D eigenvalue weighted by Crippen LogP contribution is -2.30. The van der Waals surface area contributed by atoms with Crippen LogP contribution in [-0.2, 0) is 4.79 Å². The summed E-state index contributed by atoms with van der Waals surface area (Å²) in [5.41, 5.74) is 0.868. The minimum Gasteiger partial charge on any atom is -0.411 e. The van der Waals surface area contributed by atoms with E-state index in [9.17, 15) is 4.79 Å². The molecule has 1 N–H and O–H groups in total. The van der Waals surface area contributed by atoms with Crippen molar-refractivity contribution in [3.63, 3.8) is 0 Å². The van der Waals surface area contributed by atoms with Crippen LogP contribution in [0.4, 0.5) is 0 Å². The molecule has 0 spiro atoms. The fourth-order valence-corrected chi connectivity index (χ4v) is 2.19. The predicted octanol–water partition coefficient (Wildman–Crippen LogP) is 2.35. The van der Waals surface area contributed by atoms with Crippen LogP contribution in [-0.4, -0.2) is 27.9 Å². The average Bonchev–Trinajstić information content (AvgIpc) is 2.88. The minimum absolute atomic E-state index is 0.0352. The number of carbonyl (C=O) groups is 1. The molecule has 1 aromatic heterocycles. The number of aromatic nitrogens is 2. The molecule has 100 valence electrons. The summed E-state index contributed by atoms with van der Waals surface area (Å²) < 4.78 is 5.53. The monoisotopic (exact) mass is 277 g/mol. The SMILES string of the molecule is CCNC(=O)[C@H](C)Sc1nnc(-c2ccccc2)o1. The van der Waals surface area contributed by atoms with Crippen molar-refractivity contribution in [2.75, 3.05) is 6.54 Å². The Morgan fingerprint density at radius 2 is 2.11 bits per heavy atom. The summed E-state index contributed by atoms with van der Waals surface area (Å²) in [4.78, 5) is 11.6. The molecule has 0 aliphatic heterocycles. The molecule has 6 heteroatoms. The highest BCUT2D eigenvalue weighted by Crippen LogP contribution is 2.25. The summed E-state index contributed by atoms with van der Waals surface area (Å²) >= 11 is 1.25. The third-order valence-corrected chi connectivity index (χ3v) is 3.36. The Morgan fingerprint density at radius 3 is 2.79 bits per heavy atom. The summed E-state index contributed by atoms with van der Waals surface area (Å²) in [6.45, 7) is 4.31. The van der Waals surface area contributed by atoms with Gasteiger partial charge in [-0.1, -0.05) is 30.0 Å². The van der Waals surface area contributed by atoms with Crippen molar-refractivity contribution in [2.24, 2.45) is 0 Å². The van der Waals surface area contributed by atoms with Crippen LogP contribution in [0.15, 0.2) is 40.0 Å². The summed E-state index contributed by atoms with van der Waals surface area (Å²) in [6.07, 6.45) is 0. The lowest BCUT2D eigenvalue weighted by Gasteiger charge is -2.07. The second-order valence-electron chi connectivity index (χ2n) is 3.89. The third kappa shape index (κ3) is 3.57. The molecular weight excluding hydrogens is 262 g/mol. The first-order chi connectivity index (χ1) is 9.20. The maximum absolute atomic E-state index is 11.6. The van der Waals surface area contributed by atoms with Crippen LogP contribution in [0.3, 0.4) is 0 Å². The minimum atomic E-state index is -0.260. The first kappa shape index (κ1) is 13.6. The van der Waals surface area contributed by atoms with Crippen LogP contribution in [0.5, 0.6) is 0 Å². The Morgan fingerprint density at radius 1 is 1.37 bits per heavy atom. The lowest BCUT2D eigenvalue weighted by molar-refractivity contribution is -0.120. The van der Waals surface area contributed by atoms with E-state index >= 15 is 0 Å². The van der Waals surface area contributed by atoms with Gasteiger partial charge in [-0.05, 0) is 26.0 Å². The number of thioether (sulfide) groups is 1. The maximum atomic E-state index is 11.6. The summed E-state index contributed by atoms with van der Waals surface area (Å²) in [5, 5.41) is 10.8. The van der Waals surface area contributed by atoms with E-state index in [0.717, 1.165) is 5.56 Å². The normalized spacial score (nSPS) is 12.1. The first-order valence-corrected chi connectivity index (χ1v) is 6.92. The van der Waals surface area contributed by atoms with Gasteiger partial charge in [0.25, 0.3) is 5.22 Å². The van der Waals surface area contributed by atoms with Crippen LogP contribution in [0, 0.1) is 0 Å². The van der Waals surface area contributed by atoms with E-state index in [1.807, 2.05) is 44.2 Å². The molecule has 1 atom stereocenters. The standard InChI is InChI=1S/C13H15N3O2S/c1-3-14-11(17)9(2)19-13-16-15-12(18-13)10-7-5-4-6-8-10/h4-9H,3H2,1-2H3,(H,14,17)/t9-/m0/s1. The topological polar surface area (TPSA) is 68.0 Å². The molecule has 0 aliphatic carbocycles. The average molecular weight is 277 g/mol. The van der Waals surface area contributed by atoms with Gasteiger partial charge in [-0.3, -0.25) is 4.79 Å². The Bertz CT molecular complexity index is 542. The second-order valence-corrected chi connectivity index (χ2v) is 5.19. The van der Waals surface area contributed by atoms with Crippen molar-refractivity contribution in [3.05, 3.63) is 30.3 Å². The molecule has 0 bridgehead atoms. The van der Waals surface area contributed by atoms with Crippen molar-refractivity contribution in [2.45, 2.75) is 24.3 Å².